The molecule has 0 fully saturated rings. The molecule has 0 bridgehead atoms. The maximum Gasteiger partial charge on any atom is 0.258 e. The van der Waals surface area contributed by atoms with Crippen LogP contribution in [0.3, 0.4) is 0 Å². The van der Waals surface area contributed by atoms with Crippen LogP contribution in [0.4, 0.5) is 0 Å². The van der Waals surface area contributed by atoms with E-state index in [1.165, 1.54) is 0 Å². The summed E-state index contributed by atoms with van der Waals surface area (Å²) in [4.78, 5) is 28.8. The van der Waals surface area contributed by atoms with E-state index in [1.54, 1.807) is 17.8 Å². The number of nitrogens with one attached hydrogen (secondary N) is 1. The average molecular weight is 348 g/mol. The van der Waals surface area contributed by atoms with Gasteiger partial charge in [0, 0.05) is 12.2 Å². The van der Waals surface area contributed by atoms with E-state index in [1.807, 2.05) is 49.4 Å². The summed E-state index contributed by atoms with van der Waals surface area (Å²) in [7, 11) is 0. The minimum absolute atomic E-state index is 0.0905. The molecule has 2 aromatic heterocycles. The lowest BCUT2D eigenvalue weighted by Gasteiger charge is -2.06. The highest BCUT2D eigenvalue weighted by molar-refractivity contribution is 7.99. The number of rotatable bonds is 4. The van der Waals surface area contributed by atoms with Gasteiger partial charge in [-0.3, -0.25) is 4.79 Å². The number of aromatic amines is 1. The van der Waals surface area contributed by atoms with Crippen LogP contribution in [0.5, 0.6) is 0 Å². The summed E-state index contributed by atoms with van der Waals surface area (Å²) in [6.45, 7) is 1.97. The molecule has 5 nitrogen and oxygen atoms in total. The lowest BCUT2D eigenvalue weighted by atomic mass is 10.2. The first-order valence-corrected chi connectivity index (χ1v) is 9.03. The molecule has 0 radical (unpaired) electrons. The van der Waals surface area contributed by atoms with Crippen molar-refractivity contribution in [3.63, 3.8) is 0 Å². The predicted octanol–water partition coefficient (Wildman–Crippen LogP) is 3.51. The Kier molecular flexibility index (Phi) is 4.19. The highest BCUT2D eigenvalue weighted by Crippen LogP contribution is 2.22. The van der Waals surface area contributed by atoms with Gasteiger partial charge in [0.2, 0.25) is 0 Å². The van der Waals surface area contributed by atoms with E-state index < -0.39 is 0 Å². The van der Waals surface area contributed by atoms with Gasteiger partial charge in [-0.2, -0.15) is 0 Å². The fraction of sp³-hybridized carbons (Fsp3) is 0.158. The van der Waals surface area contributed by atoms with Crippen LogP contribution >= 0.6 is 11.8 Å². The predicted molar refractivity (Wildman–Crippen MR) is 101 cm³/mol. The zero-order valence-corrected chi connectivity index (χ0v) is 14.5. The zero-order chi connectivity index (χ0) is 17.2. The Morgan fingerprint density at radius 2 is 1.60 bits per heavy atom. The maximum absolute atomic E-state index is 12.1. The van der Waals surface area contributed by atoms with Crippen molar-refractivity contribution in [1.29, 1.82) is 0 Å². The zero-order valence-electron chi connectivity index (χ0n) is 13.7. The molecule has 0 aliphatic rings. The van der Waals surface area contributed by atoms with Crippen LogP contribution in [0, 0.1) is 6.92 Å². The van der Waals surface area contributed by atoms with Crippen LogP contribution < -0.4 is 5.56 Å². The Labute approximate surface area is 148 Å². The number of nitrogens with zero attached hydrogens (tertiary/aromatic N) is 3. The second kappa shape index (κ2) is 6.64. The highest BCUT2D eigenvalue weighted by Gasteiger charge is 2.07. The van der Waals surface area contributed by atoms with Gasteiger partial charge < -0.3 is 4.98 Å². The third kappa shape index (κ3) is 3.25. The molecule has 124 valence electrons. The highest BCUT2D eigenvalue weighted by atomic mass is 32.2. The molecule has 0 amide bonds. The van der Waals surface area contributed by atoms with Gasteiger partial charge in [0.15, 0.2) is 0 Å². The van der Waals surface area contributed by atoms with Crippen LogP contribution in [0.1, 0.15) is 11.5 Å². The summed E-state index contributed by atoms with van der Waals surface area (Å²) in [5, 5.41) is 1.54. The number of fused-ring (bicyclic) bond motifs is 2. The summed E-state index contributed by atoms with van der Waals surface area (Å²) in [5.74, 6) is 1.47. The fourth-order valence-electron chi connectivity index (χ4n) is 2.71. The van der Waals surface area contributed by atoms with Gasteiger partial charge in [-0.1, -0.05) is 24.3 Å². The smallest absolute Gasteiger partial charge is 0.258 e. The van der Waals surface area contributed by atoms with E-state index in [0.717, 1.165) is 33.0 Å². The molecule has 6 heteroatoms. The Morgan fingerprint density at radius 3 is 2.40 bits per heavy atom. The summed E-state index contributed by atoms with van der Waals surface area (Å²) in [6.07, 6.45) is 0.665. The monoisotopic (exact) mass is 348 g/mol. The van der Waals surface area contributed by atoms with Gasteiger partial charge in [0.25, 0.3) is 5.56 Å². The first kappa shape index (κ1) is 15.8. The number of aromatic nitrogens is 4. The largest absolute Gasteiger partial charge is 0.310 e. The van der Waals surface area contributed by atoms with Crippen molar-refractivity contribution in [2.24, 2.45) is 0 Å². The minimum atomic E-state index is -0.0905. The van der Waals surface area contributed by atoms with Gasteiger partial charge in [-0.05, 0) is 31.2 Å². The first-order chi connectivity index (χ1) is 12.2. The van der Waals surface area contributed by atoms with Crippen LogP contribution in [0.25, 0.3) is 21.9 Å². The third-order valence-corrected chi connectivity index (χ3v) is 5.01. The fourth-order valence-corrected chi connectivity index (χ4v) is 3.61. The maximum atomic E-state index is 12.1. The quantitative estimate of drug-likeness (QED) is 0.572. The van der Waals surface area contributed by atoms with E-state index in [2.05, 4.69) is 19.9 Å². The van der Waals surface area contributed by atoms with Crippen LogP contribution in [-0.2, 0) is 6.42 Å². The third-order valence-electron chi connectivity index (χ3n) is 3.94. The molecular weight excluding hydrogens is 332 g/mol. The molecule has 0 unspecified atom stereocenters. The second-order valence-electron chi connectivity index (χ2n) is 5.73. The summed E-state index contributed by atoms with van der Waals surface area (Å²) < 4.78 is 0. The van der Waals surface area contributed by atoms with Crippen molar-refractivity contribution in [3.05, 3.63) is 70.4 Å². The number of benzene rings is 2. The van der Waals surface area contributed by atoms with E-state index in [-0.39, 0.29) is 5.56 Å². The molecule has 2 heterocycles. The van der Waals surface area contributed by atoms with Crippen molar-refractivity contribution in [3.8, 4) is 0 Å². The van der Waals surface area contributed by atoms with Gasteiger partial charge in [-0.15, -0.1) is 11.8 Å². The molecule has 1 N–H and O–H groups in total. The number of H-pyrrole nitrogens is 1. The van der Waals surface area contributed by atoms with Gasteiger partial charge in [0.1, 0.15) is 10.9 Å². The Morgan fingerprint density at radius 1 is 0.920 bits per heavy atom. The van der Waals surface area contributed by atoms with Gasteiger partial charge in [0.05, 0.1) is 27.6 Å². The first-order valence-electron chi connectivity index (χ1n) is 8.05. The molecule has 0 spiro atoms. The standard InChI is InChI=1S/C19H16N4OS/c1-12-19(22-16-9-5-4-8-15(16)20-12)25-11-10-17-21-14-7-3-2-6-13(14)18(24)23-17/h2-9H,10-11H2,1H3,(H,21,23,24). The Bertz CT molecular complexity index is 1120. The Balaban J connectivity index is 1.53. The minimum Gasteiger partial charge on any atom is -0.310 e. The molecule has 25 heavy (non-hydrogen) atoms. The van der Waals surface area contributed by atoms with Crippen molar-refractivity contribution in [1.82, 2.24) is 19.9 Å². The van der Waals surface area contributed by atoms with Crippen LogP contribution in [-0.4, -0.2) is 25.7 Å². The molecule has 0 aliphatic heterocycles. The van der Waals surface area contributed by atoms with Crippen LogP contribution in [0.15, 0.2) is 58.4 Å². The molecule has 0 saturated carbocycles. The number of thioether (sulfide) groups is 1. The lowest BCUT2D eigenvalue weighted by molar-refractivity contribution is 0.947. The Hall–Kier alpha value is -2.73. The number of hydrogen-bond acceptors (Lipinski definition) is 5. The molecule has 0 atom stereocenters. The molecular formula is C19H16N4OS. The summed E-state index contributed by atoms with van der Waals surface area (Å²) in [5.41, 5.74) is 3.36. The van der Waals surface area contributed by atoms with E-state index in [0.29, 0.717) is 17.6 Å². The molecule has 0 saturated heterocycles. The second-order valence-corrected chi connectivity index (χ2v) is 6.81. The van der Waals surface area contributed by atoms with Gasteiger partial charge in [-0.25, -0.2) is 15.0 Å². The van der Waals surface area contributed by atoms with Crippen LogP contribution in [0.2, 0.25) is 0 Å². The summed E-state index contributed by atoms with van der Waals surface area (Å²) in [6, 6.07) is 15.2. The van der Waals surface area contributed by atoms with E-state index >= 15 is 0 Å². The van der Waals surface area contributed by atoms with Crippen molar-refractivity contribution < 1.29 is 0 Å². The number of para-hydroxylation sites is 3. The molecule has 4 rings (SSSR count). The average Bonchev–Trinajstić information content (AvgIpc) is 2.62. The van der Waals surface area contributed by atoms with E-state index in [9.17, 15) is 4.79 Å². The lowest BCUT2D eigenvalue weighted by Crippen LogP contribution is -2.12. The number of aryl methyl sites for hydroxylation is 2. The number of hydrogen-bond donors (Lipinski definition) is 1. The molecule has 4 aromatic rings. The molecule has 2 aromatic carbocycles. The van der Waals surface area contributed by atoms with Crippen molar-refractivity contribution in [2.45, 2.75) is 18.4 Å². The molecule has 0 aliphatic carbocycles. The van der Waals surface area contributed by atoms with E-state index in [4.69, 9.17) is 0 Å². The van der Waals surface area contributed by atoms with Gasteiger partial charge >= 0.3 is 0 Å². The van der Waals surface area contributed by atoms with Crippen molar-refractivity contribution in [2.75, 3.05) is 5.75 Å². The van der Waals surface area contributed by atoms with Crippen molar-refractivity contribution >= 4 is 33.7 Å². The topological polar surface area (TPSA) is 71.5 Å². The SMILES string of the molecule is Cc1nc2ccccc2nc1SCCc1nc2ccccc2c(=O)[nH]1. The normalized spacial score (nSPS) is 11.2. The summed E-state index contributed by atoms with van der Waals surface area (Å²) >= 11 is 1.63.